The number of ether oxygens (including phenoxy) is 1. The van der Waals surface area contributed by atoms with Crippen LogP contribution in [-0.4, -0.2) is 5.11 Å². The smallest absolute Gasteiger partial charge is 0.166 e. The maximum atomic E-state index is 13.5. The first-order chi connectivity index (χ1) is 15.4. The Morgan fingerprint density at radius 1 is 0.719 bits per heavy atom. The molecule has 0 saturated heterocycles. The molecule has 2 nitrogen and oxygen atoms in total. The zero-order valence-corrected chi connectivity index (χ0v) is 21.7. The summed E-state index contributed by atoms with van der Waals surface area (Å²) >= 11 is 4.31. The fourth-order valence-electron chi connectivity index (χ4n) is 3.11. The van der Waals surface area contributed by atoms with Gasteiger partial charge in [-0.3, -0.25) is 0 Å². The quantitative estimate of drug-likeness (QED) is 0.169. The van der Waals surface area contributed by atoms with E-state index in [1.54, 1.807) is 24.3 Å². The number of benzene rings is 4. The minimum atomic E-state index is -0.520. The highest BCUT2D eigenvalue weighted by atomic mass is 127. The lowest BCUT2D eigenvalue weighted by Crippen LogP contribution is -2.05. The lowest BCUT2D eigenvalue weighted by molar-refractivity contribution is 0.298. The van der Waals surface area contributed by atoms with Crippen molar-refractivity contribution >= 4 is 56.1 Å². The van der Waals surface area contributed by atoms with E-state index in [0.717, 1.165) is 27.4 Å². The molecule has 0 bridgehead atoms. The molecule has 0 spiro atoms. The first kappa shape index (κ1) is 23.3. The predicted octanol–water partition coefficient (Wildman–Crippen LogP) is 7.55. The number of halogens is 4. The van der Waals surface area contributed by atoms with E-state index in [-0.39, 0.29) is 24.0 Å². The van der Waals surface area contributed by atoms with Gasteiger partial charge in [-0.05, 0) is 130 Å². The van der Waals surface area contributed by atoms with Gasteiger partial charge in [-0.15, -0.1) is 0 Å². The molecule has 32 heavy (non-hydrogen) atoms. The molecule has 1 N–H and O–H groups in total. The van der Waals surface area contributed by atoms with Crippen LogP contribution in [0.25, 0.3) is 0 Å². The van der Waals surface area contributed by atoms with Gasteiger partial charge in [0.25, 0.3) is 0 Å². The topological polar surface area (TPSA) is 29.5 Å². The molecule has 162 valence electrons. The predicted molar refractivity (Wildman–Crippen MR) is 139 cm³/mol. The van der Waals surface area contributed by atoms with Crippen LogP contribution in [0, 0.1) is 18.8 Å². The van der Waals surface area contributed by atoms with Gasteiger partial charge < -0.3 is 9.84 Å². The average Bonchev–Trinajstić information content (AvgIpc) is 2.79. The normalized spacial score (nSPS) is 11.0. The molecule has 4 aromatic rings. The Morgan fingerprint density at radius 3 is 1.69 bits per heavy atom. The molecule has 0 radical (unpaired) electrons. The van der Waals surface area contributed by atoms with Crippen LogP contribution < -0.4 is 4.74 Å². The van der Waals surface area contributed by atoms with Crippen molar-refractivity contribution in [2.24, 2.45) is 0 Å². The molecule has 0 saturated carbocycles. The van der Waals surface area contributed by atoms with Gasteiger partial charge in [-0.25, -0.2) is 8.78 Å². The fraction of sp³-hybridized carbons (Fsp3) is 0.0400. The zero-order chi connectivity index (χ0) is 22.7. The summed E-state index contributed by atoms with van der Waals surface area (Å²) in [5.41, 5.74) is 0.725. The molecule has 4 rings (SSSR count). The molecule has 0 fully saturated rings. The van der Waals surface area contributed by atoms with Crippen LogP contribution in [0.15, 0.2) is 99.6 Å². The molecule has 0 atom stereocenters. The molecular formula is C25H17F2I2O2S+. The maximum absolute atomic E-state index is 13.5. The van der Waals surface area contributed by atoms with Crippen molar-refractivity contribution in [1.82, 2.24) is 0 Å². The van der Waals surface area contributed by atoms with Gasteiger partial charge in [0.15, 0.2) is 14.7 Å². The van der Waals surface area contributed by atoms with Gasteiger partial charge >= 0.3 is 0 Å². The maximum Gasteiger partial charge on any atom is 0.166 e. The van der Waals surface area contributed by atoms with Crippen molar-refractivity contribution < 1.29 is 18.6 Å². The Kier molecular flexibility index (Phi) is 7.57. The molecule has 0 amide bonds. The van der Waals surface area contributed by atoms with E-state index in [9.17, 15) is 13.9 Å². The van der Waals surface area contributed by atoms with Crippen LogP contribution in [-0.2, 0) is 17.5 Å². The number of hydrogen-bond donors (Lipinski definition) is 1. The molecule has 7 heteroatoms. The Labute approximate surface area is 215 Å². The molecule has 0 aromatic heterocycles. The van der Waals surface area contributed by atoms with E-state index >= 15 is 0 Å². The monoisotopic (exact) mass is 673 g/mol. The summed E-state index contributed by atoms with van der Waals surface area (Å²) < 4.78 is 34.7. The number of hydrogen-bond acceptors (Lipinski definition) is 2. The second-order valence-corrected chi connectivity index (χ2v) is 11.3. The standard InChI is InChI=1S/C25H16F2I2O2S/c26-17-1-7-21(8-2-17)32(22-9-3-18(27)4-10-22)23-11-5-20(6-12-23)31-15-16-13-19(28)14-24(29)25(16)30/h1-14H,15H2/p+1. The highest BCUT2D eigenvalue weighted by molar-refractivity contribution is 14.1. The van der Waals surface area contributed by atoms with Crippen molar-refractivity contribution in [2.45, 2.75) is 21.3 Å². The van der Waals surface area contributed by atoms with Crippen LogP contribution in [0.3, 0.4) is 0 Å². The van der Waals surface area contributed by atoms with Gasteiger partial charge in [0.1, 0.15) is 29.7 Å². The van der Waals surface area contributed by atoms with Crippen LogP contribution >= 0.6 is 45.2 Å². The summed E-state index contributed by atoms with van der Waals surface area (Å²) in [6.07, 6.45) is 0. The van der Waals surface area contributed by atoms with Crippen LogP contribution in [0.5, 0.6) is 11.5 Å². The summed E-state index contributed by atoms with van der Waals surface area (Å²) in [5.74, 6) is 0.308. The van der Waals surface area contributed by atoms with Gasteiger partial charge in [-0.1, -0.05) is 0 Å². The van der Waals surface area contributed by atoms with Crippen molar-refractivity contribution in [1.29, 1.82) is 0 Å². The molecule has 0 aliphatic rings. The van der Waals surface area contributed by atoms with E-state index in [1.807, 2.05) is 36.4 Å². The second-order valence-electron chi connectivity index (χ2n) is 6.87. The van der Waals surface area contributed by atoms with Crippen LogP contribution in [0.2, 0.25) is 0 Å². The van der Waals surface area contributed by atoms with Crippen molar-refractivity contribution in [3.05, 3.63) is 109 Å². The second kappa shape index (κ2) is 10.4. The largest absolute Gasteiger partial charge is 0.506 e. The van der Waals surface area contributed by atoms with Crippen molar-refractivity contribution in [2.75, 3.05) is 0 Å². The Morgan fingerprint density at radius 2 is 1.19 bits per heavy atom. The van der Waals surface area contributed by atoms with E-state index < -0.39 is 10.9 Å². The first-order valence-corrected chi connectivity index (χ1v) is 12.9. The van der Waals surface area contributed by atoms with Gasteiger partial charge in [0, 0.05) is 9.13 Å². The number of phenolic OH excluding ortho intramolecular Hbond substituents is 1. The third-order valence-corrected chi connectivity index (χ3v) is 8.34. The fourth-order valence-corrected chi connectivity index (χ4v) is 7.12. The lowest BCUT2D eigenvalue weighted by Gasteiger charge is -2.11. The van der Waals surface area contributed by atoms with E-state index in [1.165, 1.54) is 24.3 Å². The van der Waals surface area contributed by atoms with Gasteiger partial charge in [-0.2, -0.15) is 0 Å². The summed E-state index contributed by atoms with van der Waals surface area (Å²) in [7, 11) is -0.520. The SMILES string of the molecule is Oc1c(I)cc(I)cc1COc1ccc([S+](c2ccc(F)cc2)c2ccc(F)cc2)cc1. The molecule has 0 unspecified atom stereocenters. The third-order valence-electron chi connectivity index (χ3n) is 4.66. The van der Waals surface area contributed by atoms with Crippen molar-refractivity contribution in [3.8, 4) is 11.5 Å². The van der Waals surface area contributed by atoms with E-state index in [4.69, 9.17) is 4.74 Å². The van der Waals surface area contributed by atoms with E-state index in [0.29, 0.717) is 5.75 Å². The van der Waals surface area contributed by atoms with E-state index in [2.05, 4.69) is 45.2 Å². The highest BCUT2D eigenvalue weighted by Crippen LogP contribution is 2.33. The summed E-state index contributed by atoms with van der Waals surface area (Å²) in [6, 6.07) is 24.2. The minimum Gasteiger partial charge on any atom is -0.506 e. The molecule has 4 aromatic carbocycles. The third kappa shape index (κ3) is 5.55. The Hall–Kier alpha value is -1.85. The Balaban J connectivity index is 1.59. The summed E-state index contributed by atoms with van der Waals surface area (Å²) in [5, 5.41) is 10.3. The number of rotatable bonds is 6. The summed E-state index contributed by atoms with van der Waals surface area (Å²) in [4.78, 5) is 2.87. The number of aromatic hydroxyl groups is 1. The van der Waals surface area contributed by atoms with Gasteiger partial charge in [0.2, 0.25) is 0 Å². The average molecular weight is 673 g/mol. The number of phenols is 1. The van der Waals surface area contributed by atoms with Gasteiger partial charge in [0.05, 0.1) is 14.5 Å². The first-order valence-electron chi connectivity index (χ1n) is 9.56. The Bertz CT molecular complexity index is 1170. The molecule has 0 heterocycles. The summed E-state index contributed by atoms with van der Waals surface area (Å²) in [6.45, 7) is 0.250. The molecule has 0 aliphatic carbocycles. The van der Waals surface area contributed by atoms with Crippen LogP contribution in [0.4, 0.5) is 8.78 Å². The molecule has 0 aliphatic heterocycles. The van der Waals surface area contributed by atoms with Crippen molar-refractivity contribution in [3.63, 3.8) is 0 Å². The highest BCUT2D eigenvalue weighted by Gasteiger charge is 2.28. The van der Waals surface area contributed by atoms with Crippen LogP contribution in [0.1, 0.15) is 5.56 Å². The molecular weight excluding hydrogens is 656 g/mol. The minimum absolute atomic E-state index is 0.233. The lowest BCUT2D eigenvalue weighted by atomic mass is 10.2. The zero-order valence-electron chi connectivity index (χ0n) is 16.6.